The monoisotopic (exact) mass is 725 g/mol. The number of benzene rings is 3. The summed E-state index contributed by atoms with van der Waals surface area (Å²) in [6.07, 6.45) is -12.6. The van der Waals surface area contributed by atoms with Crippen LogP contribution in [0.5, 0.6) is 0 Å². The number of nitriles is 1. The smallest absolute Gasteiger partial charge is 0.426 e. The molecule has 2 atom stereocenters. The Morgan fingerprint density at radius 3 is 1.83 bits per heavy atom. The van der Waals surface area contributed by atoms with Crippen molar-refractivity contribution >= 4 is 56.8 Å². The highest BCUT2D eigenvalue weighted by Gasteiger charge is 2.63. The van der Waals surface area contributed by atoms with Crippen molar-refractivity contribution in [1.29, 1.82) is 5.26 Å². The van der Waals surface area contributed by atoms with Crippen molar-refractivity contribution in [2.24, 2.45) is 0 Å². The Morgan fingerprint density at radius 2 is 1.34 bits per heavy atom. The van der Waals surface area contributed by atoms with E-state index in [2.05, 4.69) is 20.1 Å². The molecule has 0 aliphatic carbocycles. The summed E-state index contributed by atoms with van der Waals surface area (Å²) in [6, 6.07) is 13.5. The first-order valence-corrected chi connectivity index (χ1v) is 14.9. The Bertz CT molecular complexity index is 1870. The summed E-state index contributed by atoms with van der Waals surface area (Å²) in [6.45, 7) is -1.32. The number of hydrogen-bond acceptors (Lipinski definition) is 8. The van der Waals surface area contributed by atoms with Gasteiger partial charge in [0.05, 0.1) is 34.4 Å². The van der Waals surface area contributed by atoms with Gasteiger partial charge in [-0.2, -0.15) is 31.6 Å². The van der Waals surface area contributed by atoms with Crippen molar-refractivity contribution in [3.63, 3.8) is 0 Å². The zero-order valence-corrected chi connectivity index (χ0v) is 25.6. The highest BCUT2D eigenvalue weighted by atomic mass is 35.5. The highest BCUT2D eigenvalue weighted by Crippen LogP contribution is 2.48. The number of carbonyl (C=O) groups is 2. The van der Waals surface area contributed by atoms with Crippen molar-refractivity contribution in [1.82, 2.24) is 10.0 Å². The molecule has 0 saturated carbocycles. The third-order valence-corrected chi connectivity index (χ3v) is 8.67. The first-order valence-electron chi connectivity index (χ1n) is 12.7. The molecular formula is C27H19Cl2F6N5O6S. The fraction of sp³-hybridized carbons (Fsp3) is 0.222. The SMILES string of the molecule is CNC1(C(F)(F)F)OC(=O)Nc2ccc(Cl)cc21.N#Cc1ccc(S(=O)(=O)NCC2(C(F)(F)F)OC(=O)Nc3ccc(Cl)cc32)cc1. The molecule has 2 aliphatic rings. The van der Waals surface area contributed by atoms with Crippen LogP contribution >= 0.6 is 23.2 Å². The number of alkyl halides is 6. The van der Waals surface area contributed by atoms with Crippen LogP contribution in [0.25, 0.3) is 0 Å². The molecule has 2 amide bonds. The van der Waals surface area contributed by atoms with Crippen LogP contribution in [-0.4, -0.2) is 46.5 Å². The first-order chi connectivity index (χ1) is 21.8. The summed E-state index contributed by atoms with van der Waals surface area (Å²) >= 11 is 11.5. The number of carbonyl (C=O) groups excluding carboxylic acids is 2. The molecule has 2 unspecified atom stereocenters. The second kappa shape index (κ2) is 12.7. The Balaban J connectivity index is 0.000000238. The molecule has 2 aliphatic heterocycles. The molecule has 3 aromatic carbocycles. The van der Waals surface area contributed by atoms with Crippen molar-refractivity contribution in [2.75, 3.05) is 24.2 Å². The lowest BCUT2D eigenvalue weighted by Crippen LogP contribution is -2.58. The third kappa shape index (κ3) is 6.89. The van der Waals surface area contributed by atoms with Gasteiger partial charge in [-0.15, -0.1) is 0 Å². The number of nitrogens with zero attached hydrogens (tertiary/aromatic N) is 1. The summed E-state index contributed by atoms with van der Waals surface area (Å²) in [5.41, 5.74) is -7.05. The molecule has 250 valence electrons. The van der Waals surface area contributed by atoms with Crippen molar-refractivity contribution in [3.8, 4) is 6.07 Å². The summed E-state index contributed by atoms with van der Waals surface area (Å²) < 4.78 is 117. The molecule has 0 spiro atoms. The first kappa shape index (κ1) is 35.6. The molecule has 4 N–H and O–H groups in total. The van der Waals surface area contributed by atoms with E-state index >= 15 is 0 Å². The number of halogens is 8. The molecule has 0 saturated heterocycles. The molecule has 47 heavy (non-hydrogen) atoms. The number of rotatable bonds is 5. The standard InChI is InChI=1S/C17H11ClF3N3O4S.C10H8ClF3N2O2/c18-11-3-6-14-13(7-11)16(17(19,20)21,28-15(25)24-14)9-23-29(26,27)12-4-1-10(8-22)2-5-12;1-15-9(10(12,13)14)6-4-5(11)2-3-7(6)16-8(17)18-9/h1-7,23H,9H2,(H,24,25);2-4,15H,1H3,(H,16,17). The maximum atomic E-state index is 14.0. The van der Waals surface area contributed by atoms with Gasteiger partial charge in [0, 0.05) is 21.2 Å². The number of cyclic esters (lactones) is 2. The van der Waals surface area contributed by atoms with E-state index in [1.165, 1.54) is 30.3 Å². The maximum absolute atomic E-state index is 14.0. The van der Waals surface area contributed by atoms with Gasteiger partial charge in [0.25, 0.3) is 5.72 Å². The quantitative estimate of drug-likeness (QED) is 0.222. The predicted octanol–water partition coefficient (Wildman–Crippen LogP) is 6.35. The number of nitrogens with one attached hydrogen (secondary N) is 4. The Kier molecular flexibility index (Phi) is 9.63. The van der Waals surface area contributed by atoms with Gasteiger partial charge < -0.3 is 9.47 Å². The lowest BCUT2D eigenvalue weighted by Gasteiger charge is -2.39. The topological polar surface area (TPSA) is 159 Å². The lowest BCUT2D eigenvalue weighted by atomic mass is 9.90. The Labute approximate surface area is 271 Å². The van der Waals surface area contributed by atoms with E-state index in [1.807, 2.05) is 10.0 Å². The number of sulfonamides is 1. The van der Waals surface area contributed by atoms with Crippen LogP contribution in [0.15, 0.2) is 65.6 Å². The minimum atomic E-state index is -5.17. The zero-order valence-electron chi connectivity index (χ0n) is 23.3. The van der Waals surface area contributed by atoms with Gasteiger partial charge in [0.2, 0.25) is 15.6 Å². The van der Waals surface area contributed by atoms with Crippen LogP contribution in [-0.2, 0) is 30.8 Å². The van der Waals surface area contributed by atoms with Crippen LogP contribution in [0.2, 0.25) is 10.0 Å². The normalized spacial score (nSPS) is 20.5. The maximum Gasteiger partial charge on any atom is 0.447 e. The molecule has 11 nitrogen and oxygen atoms in total. The number of hydrogen-bond donors (Lipinski definition) is 4. The number of anilines is 2. The molecule has 20 heteroatoms. The van der Waals surface area contributed by atoms with E-state index in [0.717, 1.165) is 37.4 Å². The summed E-state index contributed by atoms with van der Waals surface area (Å²) in [7, 11) is -3.36. The average molecular weight is 726 g/mol. The molecule has 0 radical (unpaired) electrons. The third-order valence-electron chi connectivity index (χ3n) is 6.78. The zero-order chi connectivity index (χ0) is 35.0. The predicted molar refractivity (Wildman–Crippen MR) is 154 cm³/mol. The molecular weight excluding hydrogens is 707 g/mol. The van der Waals surface area contributed by atoms with Crippen molar-refractivity contribution in [3.05, 3.63) is 87.4 Å². The fourth-order valence-corrected chi connectivity index (χ4v) is 5.92. The second-order valence-electron chi connectivity index (χ2n) is 9.62. The molecule has 2 heterocycles. The van der Waals surface area contributed by atoms with E-state index in [4.69, 9.17) is 28.5 Å². The lowest BCUT2D eigenvalue weighted by molar-refractivity contribution is -0.275. The Hall–Kier alpha value is -4.28. The van der Waals surface area contributed by atoms with Crippen molar-refractivity contribution < 1.29 is 53.8 Å². The average Bonchev–Trinajstić information content (AvgIpc) is 2.99. The number of ether oxygens (including phenoxy) is 2. The van der Waals surface area contributed by atoms with E-state index in [-0.39, 0.29) is 37.4 Å². The summed E-state index contributed by atoms with van der Waals surface area (Å²) in [5, 5.41) is 15.1. The molecule has 5 rings (SSSR count). The van der Waals surface area contributed by atoms with E-state index in [1.54, 1.807) is 6.07 Å². The largest absolute Gasteiger partial charge is 0.447 e. The van der Waals surface area contributed by atoms with Crippen LogP contribution in [0.4, 0.5) is 47.3 Å². The van der Waals surface area contributed by atoms with Gasteiger partial charge in [-0.25, -0.2) is 22.7 Å². The van der Waals surface area contributed by atoms with Crippen LogP contribution < -0.4 is 20.7 Å². The Morgan fingerprint density at radius 1 is 0.830 bits per heavy atom. The molecule has 0 bridgehead atoms. The van der Waals surface area contributed by atoms with Crippen molar-refractivity contribution in [2.45, 2.75) is 28.6 Å². The number of amides is 2. The highest BCUT2D eigenvalue weighted by molar-refractivity contribution is 7.89. The van der Waals surface area contributed by atoms with Gasteiger partial charge in [0.15, 0.2) is 0 Å². The summed E-state index contributed by atoms with van der Waals surface area (Å²) in [5.74, 6) is 0. The van der Waals surface area contributed by atoms with E-state index < -0.39 is 58.0 Å². The summed E-state index contributed by atoms with van der Waals surface area (Å²) in [4.78, 5) is 22.6. The van der Waals surface area contributed by atoms with Gasteiger partial charge in [-0.05, 0) is 67.7 Å². The molecule has 0 aromatic heterocycles. The van der Waals surface area contributed by atoms with Crippen LogP contribution in [0, 0.1) is 11.3 Å². The minimum Gasteiger partial charge on any atom is -0.426 e. The molecule has 0 fully saturated rings. The second-order valence-corrected chi connectivity index (χ2v) is 12.3. The van der Waals surface area contributed by atoms with Gasteiger partial charge in [-0.1, -0.05) is 23.2 Å². The number of fused-ring (bicyclic) bond motifs is 2. The van der Waals surface area contributed by atoms with Gasteiger partial charge in [0.1, 0.15) is 0 Å². The van der Waals surface area contributed by atoms with E-state index in [9.17, 15) is 44.3 Å². The molecule has 3 aromatic rings. The minimum absolute atomic E-state index is 0.00215. The van der Waals surface area contributed by atoms with Gasteiger partial charge in [-0.3, -0.25) is 16.0 Å². The van der Waals surface area contributed by atoms with Crippen LogP contribution in [0.3, 0.4) is 0 Å². The van der Waals surface area contributed by atoms with Crippen LogP contribution in [0.1, 0.15) is 16.7 Å². The van der Waals surface area contributed by atoms with E-state index in [0.29, 0.717) is 0 Å². The fourth-order valence-electron chi connectivity index (χ4n) is 4.52. The van der Waals surface area contributed by atoms with Gasteiger partial charge >= 0.3 is 24.5 Å².